The number of pyridine rings is 1. The van der Waals surface area contributed by atoms with Crippen molar-refractivity contribution in [3.8, 4) is 5.69 Å². The number of benzene rings is 1. The highest BCUT2D eigenvalue weighted by Gasteiger charge is 2.23. The Kier molecular flexibility index (Phi) is 5.42. The van der Waals surface area contributed by atoms with E-state index in [1.165, 1.54) is 16.7 Å². The highest BCUT2D eigenvalue weighted by atomic mass is 19.1. The van der Waals surface area contributed by atoms with Crippen LogP contribution in [0.1, 0.15) is 31.2 Å². The Bertz CT molecular complexity index is 1130. The molecular formula is C22H27FN6O. The molecule has 0 spiro atoms. The summed E-state index contributed by atoms with van der Waals surface area (Å²) in [7, 11) is 4.25. The van der Waals surface area contributed by atoms with Gasteiger partial charge in [0.1, 0.15) is 5.82 Å². The normalized spacial score (nSPS) is 19.4. The van der Waals surface area contributed by atoms with Crippen LogP contribution in [0.25, 0.3) is 16.6 Å². The zero-order valence-electron chi connectivity index (χ0n) is 17.5. The molecule has 4 rings (SSSR count). The van der Waals surface area contributed by atoms with Crippen molar-refractivity contribution in [3.05, 3.63) is 52.3 Å². The van der Waals surface area contributed by atoms with E-state index in [0.717, 1.165) is 25.7 Å². The molecule has 0 aliphatic heterocycles. The van der Waals surface area contributed by atoms with E-state index < -0.39 is 5.82 Å². The van der Waals surface area contributed by atoms with Crippen LogP contribution in [0.3, 0.4) is 0 Å². The topological polar surface area (TPSA) is 89.1 Å². The first-order valence-corrected chi connectivity index (χ1v) is 10.2. The first-order chi connectivity index (χ1) is 14.3. The summed E-state index contributed by atoms with van der Waals surface area (Å²) in [6.45, 7) is 1.73. The molecule has 1 aromatic carbocycles. The minimum absolute atomic E-state index is 0.0444. The zero-order chi connectivity index (χ0) is 21.4. The Hall–Kier alpha value is -3.00. The molecule has 1 aliphatic carbocycles. The number of halogens is 1. The van der Waals surface area contributed by atoms with Crippen LogP contribution in [0.5, 0.6) is 0 Å². The fraction of sp³-hybridized carbons (Fsp3) is 0.409. The molecule has 1 fully saturated rings. The van der Waals surface area contributed by atoms with Gasteiger partial charge >= 0.3 is 0 Å². The van der Waals surface area contributed by atoms with Crippen molar-refractivity contribution in [1.29, 1.82) is 0 Å². The summed E-state index contributed by atoms with van der Waals surface area (Å²) in [6, 6.07) is 5.27. The maximum absolute atomic E-state index is 13.9. The number of hydrogen-bond acceptors (Lipinski definition) is 6. The predicted octanol–water partition coefficient (Wildman–Crippen LogP) is 3.10. The van der Waals surface area contributed by atoms with Gasteiger partial charge in [0.15, 0.2) is 0 Å². The standard InChI is InChI=1S/C22H27FN6O/c1-13-20-14(12-29(21(13)30)17-8-9-19(24)18(23)10-17)11-25-22(27-20)26-15-4-6-16(7-5-15)28(2)3/h8-12,15-16H,4-7,24H2,1-3H3,(H,26,27). The van der Waals surface area contributed by atoms with E-state index in [4.69, 9.17) is 5.73 Å². The molecule has 0 amide bonds. The van der Waals surface area contributed by atoms with E-state index in [0.29, 0.717) is 40.2 Å². The van der Waals surface area contributed by atoms with Crippen LogP contribution in [0, 0.1) is 12.7 Å². The number of nitrogens with one attached hydrogen (secondary N) is 1. The summed E-state index contributed by atoms with van der Waals surface area (Å²) >= 11 is 0. The molecule has 0 atom stereocenters. The Morgan fingerprint density at radius 3 is 2.63 bits per heavy atom. The average molecular weight is 410 g/mol. The van der Waals surface area contributed by atoms with Gasteiger partial charge in [-0.1, -0.05) is 0 Å². The summed E-state index contributed by atoms with van der Waals surface area (Å²) in [4.78, 5) is 24.2. The van der Waals surface area contributed by atoms with Crippen LogP contribution in [-0.4, -0.2) is 45.6 Å². The lowest BCUT2D eigenvalue weighted by atomic mass is 9.91. The Labute approximate surface area is 174 Å². The van der Waals surface area contributed by atoms with Crippen LogP contribution in [0.2, 0.25) is 0 Å². The van der Waals surface area contributed by atoms with Crippen molar-refractivity contribution in [2.24, 2.45) is 0 Å². The summed E-state index contributed by atoms with van der Waals surface area (Å²) in [5.74, 6) is -0.0217. The monoisotopic (exact) mass is 410 g/mol. The van der Waals surface area contributed by atoms with Gasteiger partial charge in [0.2, 0.25) is 5.95 Å². The molecule has 2 heterocycles. The second-order valence-electron chi connectivity index (χ2n) is 8.25. The molecular weight excluding hydrogens is 383 g/mol. The summed E-state index contributed by atoms with van der Waals surface area (Å²) in [5, 5.41) is 4.14. The molecule has 3 aromatic rings. The van der Waals surface area contributed by atoms with Crippen molar-refractivity contribution in [3.63, 3.8) is 0 Å². The second kappa shape index (κ2) is 8.02. The lowest BCUT2D eigenvalue weighted by Gasteiger charge is -2.32. The number of aromatic nitrogens is 3. The zero-order valence-corrected chi connectivity index (χ0v) is 17.5. The largest absolute Gasteiger partial charge is 0.396 e. The van der Waals surface area contributed by atoms with Gasteiger partial charge in [0, 0.05) is 41.5 Å². The molecule has 1 saturated carbocycles. The molecule has 2 aromatic heterocycles. The van der Waals surface area contributed by atoms with Crippen LogP contribution in [0.4, 0.5) is 16.0 Å². The van der Waals surface area contributed by atoms with Crippen LogP contribution < -0.4 is 16.6 Å². The van der Waals surface area contributed by atoms with Crippen LogP contribution >= 0.6 is 0 Å². The minimum Gasteiger partial charge on any atom is -0.396 e. The number of hydrogen-bond donors (Lipinski definition) is 2. The number of nitrogens with two attached hydrogens (primary N) is 1. The number of anilines is 2. The molecule has 158 valence electrons. The van der Waals surface area contributed by atoms with E-state index in [9.17, 15) is 9.18 Å². The molecule has 0 radical (unpaired) electrons. The summed E-state index contributed by atoms with van der Waals surface area (Å²) in [6.07, 6.45) is 7.75. The molecule has 0 unspecified atom stereocenters. The summed E-state index contributed by atoms with van der Waals surface area (Å²) in [5.41, 5.74) is 6.86. The molecule has 1 aliphatic rings. The van der Waals surface area contributed by atoms with Crippen LogP contribution in [0.15, 0.2) is 35.4 Å². The summed E-state index contributed by atoms with van der Waals surface area (Å²) < 4.78 is 15.3. The molecule has 30 heavy (non-hydrogen) atoms. The number of aryl methyl sites for hydroxylation is 1. The highest BCUT2D eigenvalue weighted by Crippen LogP contribution is 2.24. The van der Waals surface area contributed by atoms with E-state index in [1.807, 2.05) is 0 Å². The fourth-order valence-corrected chi connectivity index (χ4v) is 4.11. The minimum atomic E-state index is -0.558. The smallest absolute Gasteiger partial charge is 0.260 e. The average Bonchev–Trinajstić information content (AvgIpc) is 2.73. The van der Waals surface area contributed by atoms with Gasteiger partial charge in [-0.2, -0.15) is 0 Å². The number of nitrogen functional groups attached to an aromatic ring is 1. The third-order valence-electron chi connectivity index (χ3n) is 6.00. The van der Waals surface area contributed by atoms with Gasteiger partial charge in [0.25, 0.3) is 5.56 Å². The van der Waals surface area contributed by atoms with E-state index in [2.05, 4.69) is 34.3 Å². The quantitative estimate of drug-likeness (QED) is 0.643. The lowest BCUT2D eigenvalue weighted by Crippen LogP contribution is -2.36. The van der Waals surface area contributed by atoms with E-state index >= 15 is 0 Å². The first kappa shape index (κ1) is 20.3. The van der Waals surface area contributed by atoms with Gasteiger partial charge in [-0.05, 0) is 58.8 Å². The van der Waals surface area contributed by atoms with Crippen molar-refractivity contribution in [1.82, 2.24) is 19.4 Å². The van der Waals surface area contributed by atoms with Crippen molar-refractivity contribution < 1.29 is 4.39 Å². The second-order valence-corrected chi connectivity index (χ2v) is 8.25. The number of nitrogens with zero attached hydrogens (tertiary/aromatic N) is 4. The fourth-order valence-electron chi connectivity index (χ4n) is 4.11. The van der Waals surface area contributed by atoms with Crippen LogP contribution in [-0.2, 0) is 0 Å². The van der Waals surface area contributed by atoms with Gasteiger partial charge in [0.05, 0.1) is 16.9 Å². The molecule has 3 N–H and O–H groups in total. The number of fused-ring (bicyclic) bond motifs is 1. The van der Waals surface area contributed by atoms with Crippen molar-refractivity contribution in [2.45, 2.75) is 44.7 Å². The van der Waals surface area contributed by atoms with Crippen molar-refractivity contribution in [2.75, 3.05) is 25.1 Å². The van der Waals surface area contributed by atoms with E-state index in [-0.39, 0.29) is 11.2 Å². The van der Waals surface area contributed by atoms with Gasteiger partial charge in [-0.3, -0.25) is 9.36 Å². The Morgan fingerprint density at radius 1 is 1.23 bits per heavy atom. The first-order valence-electron chi connectivity index (χ1n) is 10.2. The molecule has 8 heteroatoms. The molecule has 7 nitrogen and oxygen atoms in total. The maximum Gasteiger partial charge on any atom is 0.260 e. The van der Waals surface area contributed by atoms with Gasteiger partial charge in [-0.15, -0.1) is 0 Å². The van der Waals surface area contributed by atoms with Gasteiger partial charge < -0.3 is 16.0 Å². The maximum atomic E-state index is 13.9. The molecule has 0 bridgehead atoms. The van der Waals surface area contributed by atoms with Crippen molar-refractivity contribution >= 4 is 22.5 Å². The van der Waals surface area contributed by atoms with Gasteiger partial charge in [-0.25, -0.2) is 14.4 Å². The highest BCUT2D eigenvalue weighted by molar-refractivity contribution is 5.81. The lowest BCUT2D eigenvalue weighted by molar-refractivity contribution is 0.221. The Balaban J connectivity index is 1.62. The SMILES string of the molecule is Cc1c(=O)n(-c2ccc(N)c(F)c2)cc2cnc(NC3CCC(N(C)C)CC3)nc12. The third kappa shape index (κ3) is 3.87. The van der Waals surface area contributed by atoms with E-state index in [1.54, 1.807) is 25.4 Å². The third-order valence-corrected chi connectivity index (χ3v) is 6.00. The predicted molar refractivity (Wildman–Crippen MR) is 118 cm³/mol. The molecule has 0 saturated heterocycles. The number of rotatable bonds is 4. The Morgan fingerprint density at radius 2 is 1.97 bits per heavy atom.